The van der Waals surface area contributed by atoms with Crippen LogP contribution in [0.5, 0.6) is 0 Å². The maximum absolute atomic E-state index is 13.8. The first kappa shape index (κ1) is 13.8. The molecule has 2 aromatic rings. The largest absolute Gasteiger partial charge is 0.320 e. The molecule has 0 aliphatic rings. The maximum atomic E-state index is 13.8. The molecule has 0 fully saturated rings. The molecule has 3 N–H and O–H groups in total. The highest BCUT2D eigenvalue weighted by atomic mass is 19.1. The van der Waals surface area contributed by atoms with Gasteiger partial charge in [-0.3, -0.25) is 4.79 Å². The van der Waals surface area contributed by atoms with Gasteiger partial charge in [0.2, 0.25) is 0 Å². The number of halogens is 1. The highest BCUT2D eigenvalue weighted by Crippen LogP contribution is 2.16. The van der Waals surface area contributed by atoms with E-state index in [2.05, 4.69) is 17.2 Å². The Kier molecular flexibility index (Phi) is 4.48. The van der Waals surface area contributed by atoms with Crippen LogP contribution in [0.15, 0.2) is 48.5 Å². The summed E-state index contributed by atoms with van der Waals surface area (Å²) < 4.78 is 13.8. The van der Waals surface area contributed by atoms with Crippen LogP contribution < -0.4 is 11.1 Å². The van der Waals surface area contributed by atoms with Crippen LogP contribution in [0.3, 0.4) is 0 Å². The first-order valence-corrected chi connectivity index (χ1v) is 6.05. The van der Waals surface area contributed by atoms with Crippen LogP contribution in [0.4, 0.5) is 10.1 Å². The molecule has 0 heterocycles. The van der Waals surface area contributed by atoms with E-state index in [1.165, 1.54) is 12.1 Å². The van der Waals surface area contributed by atoms with Crippen LogP contribution in [0.1, 0.15) is 15.9 Å². The maximum Gasteiger partial charge on any atom is 0.255 e. The number of nitrogens with two attached hydrogens (primary N) is 1. The molecule has 0 aliphatic carbocycles. The zero-order valence-electron chi connectivity index (χ0n) is 10.7. The summed E-state index contributed by atoms with van der Waals surface area (Å²) in [6.45, 7) is 0.216. The molecule has 0 bridgehead atoms. The molecule has 0 radical (unpaired) electrons. The van der Waals surface area contributed by atoms with Crippen molar-refractivity contribution in [2.45, 2.75) is 0 Å². The van der Waals surface area contributed by atoms with Gasteiger partial charge in [0.25, 0.3) is 5.91 Å². The predicted octanol–water partition coefficient (Wildman–Crippen LogP) is 2.39. The summed E-state index contributed by atoms with van der Waals surface area (Å²) >= 11 is 0. The first-order chi connectivity index (χ1) is 9.70. The summed E-state index contributed by atoms with van der Waals surface area (Å²) in [7, 11) is 0. The van der Waals surface area contributed by atoms with E-state index < -0.39 is 5.82 Å². The van der Waals surface area contributed by atoms with Crippen LogP contribution in [0.2, 0.25) is 0 Å². The van der Waals surface area contributed by atoms with Crippen LogP contribution in [0.25, 0.3) is 0 Å². The third kappa shape index (κ3) is 3.44. The highest BCUT2D eigenvalue weighted by molar-refractivity contribution is 6.04. The van der Waals surface area contributed by atoms with E-state index in [0.717, 1.165) is 0 Å². The smallest absolute Gasteiger partial charge is 0.255 e. The summed E-state index contributed by atoms with van der Waals surface area (Å²) in [5, 5.41) is 2.52. The molecular formula is C16H13FN2O. The van der Waals surface area contributed by atoms with Gasteiger partial charge in [0, 0.05) is 11.1 Å². The van der Waals surface area contributed by atoms with Gasteiger partial charge in [-0.05, 0) is 30.3 Å². The van der Waals surface area contributed by atoms with Crippen molar-refractivity contribution >= 4 is 11.6 Å². The Morgan fingerprint density at radius 3 is 2.60 bits per heavy atom. The van der Waals surface area contributed by atoms with E-state index in [1.807, 2.05) is 6.07 Å². The van der Waals surface area contributed by atoms with Crippen molar-refractivity contribution in [1.29, 1.82) is 0 Å². The fourth-order valence-corrected chi connectivity index (χ4v) is 1.63. The number of benzene rings is 2. The molecule has 0 unspecified atom stereocenters. The summed E-state index contributed by atoms with van der Waals surface area (Å²) in [6, 6.07) is 13.0. The van der Waals surface area contributed by atoms with Crippen molar-refractivity contribution in [1.82, 2.24) is 0 Å². The number of amides is 1. The Hall–Kier alpha value is -2.64. The Morgan fingerprint density at radius 1 is 1.20 bits per heavy atom. The predicted molar refractivity (Wildman–Crippen MR) is 76.7 cm³/mol. The van der Waals surface area contributed by atoms with Gasteiger partial charge >= 0.3 is 0 Å². The van der Waals surface area contributed by atoms with Gasteiger partial charge < -0.3 is 11.1 Å². The zero-order valence-corrected chi connectivity index (χ0v) is 10.7. The molecular weight excluding hydrogens is 255 g/mol. The topological polar surface area (TPSA) is 55.1 Å². The minimum absolute atomic E-state index is 0.122. The SMILES string of the molecule is NCC#Cc1ccc(NC(=O)c2ccccc2)c(F)c1. The van der Waals surface area contributed by atoms with E-state index in [9.17, 15) is 9.18 Å². The van der Waals surface area contributed by atoms with Crippen molar-refractivity contribution in [3.8, 4) is 11.8 Å². The standard InChI is InChI=1S/C16H13FN2O/c17-14-11-12(5-4-10-18)8-9-15(14)19-16(20)13-6-2-1-3-7-13/h1-3,6-9,11H,10,18H2,(H,19,20). The first-order valence-electron chi connectivity index (χ1n) is 6.05. The fraction of sp³-hybridized carbons (Fsp3) is 0.0625. The molecule has 2 aromatic carbocycles. The second-order valence-corrected chi connectivity index (χ2v) is 4.02. The van der Waals surface area contributed by atoms with Crippen LogP contribution in [-0.4, -0.2) is 12.5 Å². The fourth-order valence-electron chi connectivity index (χ4n) is 1.63. The zero-order chi connectivity index (χ0) is 14.4. The van der Waals surface area contributed by atoms with E-state index in [4.69, 9.17) is 5.73 Å². The van der Waals surface area contributed by atoms with Crippen LogP contribution >= 0.6 is 0 Å². The van der Waals surface area contributed by atoms with Crippen LogP contribution in [0, 0.1) is 17.7 Å². The molecule has 0 aromatic heterocycles. The quantitative estimate of drug-likeness (QED) is 0.822. The van der Waals surface area contributed by atoms with Gasteiger partial charge in [0.05, 0.1) is 12.2 Å². The van der Waals surface area contributed by atoms with Crippen molar-refractivity contribution in [2.75, 3.05) is 11.9 Å². The molecule has 1 amide bonds. The summed E-state index contributed by atoms with van der Waals surface area (Å²) in [5.74, 6) is 4.49. The minimum Gasteiger partial charge on any atom is -0.320 e. The lowest BCUT2D eigenvalue weighted by atomic mass is 10.1. The Morgan fingerprint density at radius 2 is 1.95 bits per heavy atom. The van der Waals surface area contributed by atoms with Gasteiger partial charge in [0.15, 0.2) is 0 Å². The molecule has 3 nitrogen and oxygen atoms in total. The number of carbonyl (C=O) groups is 1. The number of hydrogen-bond donors (Lipinski definition) is 2. The van der Waals surface area contributed by atoms with E-state index in [0.29, 0.717) is 11.1 Å². The highest BCUT2D eigenvalue weighted by Gasteiger charge is 2.08. The Balaban J connectivity index is 2.16. The molecule has 0 saturated carbocycles. The van der Waals surface area contributed by atoms with Crippen molar-refractivity contribution in [3.05, 3.63) is 65.5 Å². The molecule has 0 saturated heterocycles. The van der Waals surface area contributed by atoms with Gasteiger partial charge in [-0.25, -0.2) is 4.39 Å². The number of hydrogen-bond acceptors (Lipinski definition) is 2. The second kappa shape index (κ2) is 6.50. The Bertz CT molecular complexity index is 672. The average Bonchev–Trinajstić information content (AvgIpc) is 2.48. The molecule has 20 heavy (non-hydrogen) atoms. The lowest BCUT2D eigenvalue weighted by Crippen LogP contribution is -2.12. The van der Waals surface area contributed by atoms with E-state index in [1.54, 1.807) is 30.3 Å². The van der Waals surface area contributed by atoms with E-state index in [-0.39, 0.29) is 18.1 Å². The molecule has 2 rings (SSSR count). The number of carbonyl (C=O) groups excluding carboxylic acids is 1. The molecule has 0 spiro atoms. The summed E-state index contributed by atoms with van der Waals surface area (Å²) in [6.07, 6.45) is 0. The summed E-state index contributed by atoms with van der Waals surface area (Å²) in [4.78, 5) is 11.9. The van der Waals surface area contributed by atoms with Gasteiger partial charge in [0.1, 0.15) is 5.82 Å². The van der Waals surface area contributed by atoms with Crippen molar-refractivity contribution in [3.63, 3.8) is 0 Å². The lowest BCUT2D eigenvalue weighted by molar-refractivity contribution is 0.102. The second-order valence-electron chi connectivity index (χ2n) is 4.02. The average molecular weight is 268 g/mol. The number of anilines is 1. The molecule has 0 aliphatic heterocycles. The third-order valence-electron chi connectivity index (χ3n) is 2.59. The van der Waals surface area contributed by atoms with Gasteiger partial charge in [-0.2, -0.15) is 0 Å². The normalized spacial score (nSPS) is 9.50. The minimum atomic E-state index is -0.530. The molecule has 4 heteroatoms. The van der Waals surface area contributed by atoms with Gasteiger partial charge in [-0.1, -0.05) is 30.0 Å². The van der Waals surface area contributed by atoms with Crippen molar-refractivity contribution < 1.29 is 9.18 Å². The Labute approximate surface area is 116 Å². The lowest BCUT2D eigenvalue weighted by Gasteiger charge is -2.06. The summed E-state index contributed by atoms with van der Waals surface area (Å²) in [5.41, 5.74) is 6.36. The molecule has 100 valence electrons. The van der Waals surface area contributed by atoms with Gasteiger partial charge in [-0.15, -0.1) is 0 Å². The van der Waals surface area contributed by atoms with Crippen LogP contribution in [-0.2, 0) is 0 Å². The molecule has 0 atom stereocenters. The number of rotatable bonds is 2. The van der Waals surface area contributed by atoms with E-state index >= 15 is 0 Å². The monoisotopic (exact) mass is 268 g/mol. The number of nitrogens with one attached hydrogen (secondary N) is 1. The van der Waals surface area contributed by atoms with Crippen molar-refractivity contribution in [2.24, 2.45) is 5.73 Å². The third-order valence-corrected chi connectivity index (χ3v) is 2.59.